The van der Waals surface area contributed by atoms with Gasteiger partial charge >= 0.3 is 0 Å². The highest BCUT2D eigenvalue weighted by molar-refractivity contribution is 7.98. The third-order valence-electron chi connectivity index (χ3n) is 7.22. The number of β-amino-alcohol motifs (C(OH)–C–C–N with tert-alkyl or cyclic N) is 1. The number of fused-ring (bicyclic) bond motifs is 2. The molecular formula is C28H32ClN5O3S. The summed E-state index contributed by atoms with van der Waals surface area (Å²) in [7, 11) is 0. The van der Waals surface area contributed by atoms with Crippen molar-refractivity contribution in [1.29, 1.82) is 0 Å². The zero-order valence-electron chi connectivity index (χ0n) is 21.5. The Bertz CT molecular complexity index is 1350. The number of hydrogen-bond acceptors (Lipinski definition) is 7. The van der Waals surface area contributed by atoms with E-state index in [0.717, 1.165) is 40.1 Å². The number of thioether (sulfide) groups is 1. The van der Waals surface area contributed by atoms with Crippen LogP contribution in [0.4, 0.5) is 5.69 Å². The van der Waals surface area contributed by atoms with Gasteiger partial charge in [0.1, 0.15) is 0 Å². The molecular weight excluding hydrogens is 522 g/mol. The van der Waals surface area contributed by atoms with E-state index in [2.05, 4.69) is 15.1 Å². The first kappa shape index (κ1) is 26.9. The predicted molar refractivity (Wildman–Crippen MR) is 152 cm³/mol. The highest BCUT2D eigenvalue weighted by Crippen LogP contribution is 2.31. The van der Waals surface area contributed by atoms with Gasteiger partial charge in [0, 0.05) is 78.8 Å². The van der Waals surface area contributed by atoms with Gasteiger partial charge in [-0.2, -0.15) is 0 Å². The van der Waals surface area contributed by atoms with E-state index in [1.54, 1.807) is 17.8 Å². The van der Waals surface area contributed by atoms with E-state index in [0.29, 0.717) is 55.4 Å². The minimum absolute atomic E-state index is 0.0124. The Balaban J connectivity index is 1.38. The third-order valence-corrected chi connectivity index (χ3v) is 8.25. The van der Waals surface area contributed by atoms with Crippen LogP contribution in [0.15, 0.2) is 47.4 Å². The van der Waals surface area contributed by atoms with Gasteiger partial charge in [0.05, 0.1) is 29.9 Å². The fourth-order valence-electron chi connectivity index (χ4n) is 5.27. The second kappa shape index (κ2) is 12.0. The van der Waals surface area contributed by atoms with Gasteiger partial charge < -0.3 is 15.3 Å². The van der Waals surface area contributed by atoms with Gasteiger partial charge in [-0.15, -0.1) is 11.8 Å². The van der Waals surface area contributed by atoms with Gasteiger partial charge in [0.2, 0.25) is 5.91 Å². The Morgan fingerprint density at radius 1 is 1.08 bits per heavy atom. The van der Waals surface area contributed by atoms with Crippen molar-refractivity contribution < 1.29 is 14.7 Å². The highest BCUT2D eigenvalue weighted by Gasteiger charge is 2.30. The first-order valence-corrected chi connectivity index (χ1v) is 14.5. The van der Waals surface area contributed by atoms with E-state index in [1.165, 1.54) is 0 Å². The van der Waals surface area contributed by atoms with Crippen molar-refractivity contribution in [3.8, 4) is 0 Å². The molecule has 0 spiro atoms. The maximum atomic E-state index is 13.9. The van der Waals surface area contributed by atoms with Gasteiger partial charge in [0.15, 0.2) is 0 Å². The van der Waals surface area contributed by atoms with Crippen molar-refractivity contribution in [2.45, 2.75) is 17.9 Å². The molecule has 1 fully saturated rings. The number of benzene rings is 2. The number of halogens is 1. The molecule has 0 bridgehead atoms. The number of carbonyl (C=O) groups is 2. The Labute approximate surface area is 231 Å². The SMILES string of the molecule is CSc1ccc(Cl)cc1NC(=O)CN1CCc2nc3ccccc3c(C(=O)N3CCN(CCO)CC3)c2C1. The number of hydrogen-bond donors (Lipinski definition) is 2. The van der Waals surface area contributed by atoms with Gasteiger partial charge in [0.25, 0.3) is 5.91 Å². The third kappa shape index (κ3) is 5.82. The molecule has 200 valence electrons. The van der Waals surface area contributed by atoms with E-state index in [-0.39, 0.29) is 25.0 Å². The average molecular weight is 554 g/mol. The number of rotatable bonds is 7. The smallest absolute Gasteiger partial charge is 0.255 e. The summed E-state index contributed by atoms with van der Waals surface area (Å²) < 4.78 is 0. The molecule has 0 aliphatic carbocycles. The molecule has 5 rings (SSSR count). The summed E-state index contributed by atoms with van der Waals surface area (Å²) in [6, 6.07) is 13.3. The van der Waals surface area contributed by atoms with Crippen molar-refractivity contribution >= 4 is 51.8 Å². The Morgan fingerprint density at radius 2 is 1.87 bits per heavy atom. The monoisotopic (exact) mass is 553 g/mol. The maximum Gasteiger partial charge on any atom is 0.255 e. The molecule has 8 nitrogen and oxygen atoms in total. The van der Waals surface area contributed by atoms with E-state index < -0.39 is 0 Å². The van der Waals surface area contributed by atoms with Crippen molar-refractivity contribution in [2.75, 3.05) is 64.0 Å². The topological polar surface area (TPSA) is 89.0 Å². The van der Waals surface area contributed by atoms with E-state index in [9.17, 15) is 14.7 Å². The van der Waals surface area contributed by atoms with Gasteiger partial charge in [-0.25, -0.2) is 0 Å². The quantitative estimate of drug-likeness (QED) is 0.434. The molecule has 10 heteroatoms. The zero-order valence-corrected chi connectivity index (χ0v) is 23.0. The lowest BCUT2D eigenvalue weighted by atomic mass is 9.94. The lowest BCUT2D eigenvalue weighted by Crippen LogP contribution is -2.49. The van der Waals surface area contributed by atoms with Crippen LogP contribution in [0.1, 0.15) is 21.6 Å². The summed E-state index contributed by atoms with van der Waals surface area (Å²) in [6.07, 6.45) is 2.63. The molecule has 2 aromatic carbocycles. The zero-order chi connectivity index (χ0) is 26.6. The molecule has 38 heavy (non-hydrogen) atoms. The second-order valence-electron chi connectivity index (χ2n) is 9.64. The number of aliphatic hydroxyl groups excluding tert-OH is 1. The molecule has 2 aliphatic rings. The average Bonchev–Trinajstić information content (AvgIpc) is 2.92. The lowest BCUT2D eigenvalue weighted by Gasteiger charge is -2.36. The standard InChI is InChI=1S/C28H32ClN5O3S/c1-38-25-7-6-19(29)16-24(25)31-26(36)18-33-9-8-23-21(17-33)27(20-4-2-3-5-22(20)30-23)28(37)34-12-10-32(11-13-34)14-15-35/h2-7,16,35H,8-15,17-18H2,1H3,(H,31,36). The van der Waals surface area contributed by atoms with E-state index in [4.69, 9.17) is 16.6 Å². The maximum absolute atomic E-state index is 13.9. The van der Waals surface area contributed by atoms with Crippen LogP contribution in [0.2, 0.25) is 5.02 Å². The van der Waals surface area contributed by atoms with Crippen LogP contribution < -0.4 is 5.32 Å². The first-order chi connectivity index (χ1) is 18.5. The molecule has 2 N–H and O–H groups in total. The molecule has 0 radical (unpaired) electrons. The summed E-state index contributed by atoms with van der Waals surface area (Å²) in [5.74, 6) is -0.106. The number of pyridine rings is 1. The summed E-state index contributed by atoms with van der Waals surface area (Å²) in [4.78, 5) is 39.0. The van der Waals surface area contributed by atoms with Crippen molar-refractivity contribution in [3.63, 3.8) is 0 Å². The van der Waals surface area contributed by atoms with E-state index >= 15 is 0 Å². The van der Waals surface area contributed by atoms with Gasteiger partial charge in [-0.3, -0.25) is 24.4 Å². The summed E-state index contributed by atoms with van der Waals surface area (Å²) in [5, 5.41) is 13.7. The minimum Gasteiger partial charge on any atom is -0.395 e. The summed E-state index contributed by atoms with van der Waals surface area (Å²) in [5.41, 5.74) is 4.08. The number of aliphatic hydroxyl groups is 1. The fourth-order valence-corrected chi connectivity index (χ4v) is 5.98. The van der Waals surface area contributed by atoms with Crippen molar-refractivity contribution in [2.24, 2.45) is 0 Å². The number of para-hydroxylation sites is 1. The summed E-state index contributed by atoms with van der Waals surface area (Å²) >= 11 is 7.71. The Hall–Kier alpha value is -2.69. The molecule has 0 unspecified atom stereocenters. The number of piperazine rings is 1. The van der Waals surface area contributed by atoms with Gasteiger partial charge in [-0.05, 0) is 30.5 Å². The van der Waals surface area contributed by atoms with Crippen LogP contribution >= 0.6 is 23.4 Å². The number of aromatic nitrogens is 1. The predicted octanol–water partition coefficient (Wildman–Crippen LogP) is 3.36. The van der Waals surface area contributed by atoms with Crippen molar-refractivity contribution in [3.05, 3.63) is 64.3 Å². The largest absolute Gasteiger partial charge is 0.395 e. The summed E-state index contributed by atoms with van der Waals surface area (Å²) in [6.45, 7) is 4.84. The first-order valence-electron chi connectivity index (χ1n) is 12.9. The normalized spacial score (nSPS) is 16.4. The van der Waals surface area contributed by atoms with Crippen LogP contribution in [-0.2, 0) is 17.8 Å². The molecule has 3 heterocycles. The van der Waals surface area contributed by atoms with Crippen LogP contribution in [0.3, 0.4) is 0 Å². The van der Waals surface area contributed by atoms with Crippen LogP contribution in [0, 0.1) is 0 Å². The molecule has 2 amide bonds. The molecule has 3 aromatic rings. The van der Waals surface area contributed by atoms with E-state index in [1.807, 2.05) is 47.6 Å². The lowest BCUT2D eigenvalue weighted by molar-refractivity contribution is -0.117. The second-order valence-corrected chi connectivity index (χ2v) is 10.9. The number of anilines is 1. The van der Waals surface area contributed by atoms with Gasteiger partial charge in [-0.1, -0.05) is 29.8 Å². The molecule has 1 saturated heterocycles. The number of nitrogens with zero attached hydrogens (tertiary/aromatic N) is 4. The molecule has 2 aliphatic heterocycles. The number of nitrogens with one attached hydrogen (secondary N) is 1. The highest BCUT2D eigenvalue weighted by atomic mass is 35.5. The fraction of sp³-hybridized carbons (Fsp3) is 0.393. The van der Waals surface area contributed by atoms with Crippen molar-refractivity contribution in [1.82, 2.24) is 19.7 Å². The molecule has 0 saturated carbocycles. The Morgan fingerprint density at radius 3 is 2.63 bits per heavy atom. The van der Waals surface area contributed by atoms with Crippen LogP contribution in [0.5, 0.6) is 0 Å². The van der Waals surface area contributed by atoms with Crippen LogP contribution in [0.25, 0.3) is 10.9 Å². The minimum atomic E-state index is -0.118. The Kier molecular flexibility index (Phi) is 8.50. The molecule has 1 aromatic heterocycles. The number of carbonyl (C=O) groups excluding carboxylic acids is 2. The number of amides is 2. The molecule has 0 atom stereocenters. The van der Waals surface area contributed by atoms with Crippen LogP contribution in [-0.4, -0.2) is 95.3 Å².